The van der Waals surface area contributed by atoms with Crippen molar-refractivity contribution in [2.75, 3.05) is 0 Å². The highest BCUT2D eigenvalue weighted by Gasteiger charge is 2.11. The Morgan fingerprint density at radius 3 is 1.29 bits per heavy atom. The predicted octanol–water partition coefficient (Wildman–Crippen LogP) is 12.2. The van der Waals surface area contributed by atoms with Crippen LogP contribution in [0.15, 0.2) is 188 Å². The molecule has 3 heterocycles. The van der Waals surface area contributed by atoms with Crippen LogP contribution in [-0.2, 0) is 0 Å². The van der Waals surface area contributed by atoms with Crippen molar-refractivity contribution in [1.29, 1.82) is 0 Å². The summed E-state index contributed by atoms with van der Waals surface area (Å²) in [6, 6.07) is 60.5. The van der Waals surface area contributed by atoms with E-state index < -0.39 is 0 Å². The van der Waals surface area contributed by atoms with Crippen molar-refractivity contribution in [3.05, 3.63) is 211 Å². The van der Waals surface area contributed by atoms with E-state index in [2.05, 4.69) is 150 Å². The Balaban J connectivity index is 1.05. The van der Waals surface area contributed by atoms with Gasteiger partial charge in [0.15, 0.2) is 0 Å². The quantitative estimate of drug-likeness (QED) is 0.150. The van der Waals surface area contributed by atoms with Gasteiger partial charge >= 0.3 is 0 Å². The van der Waals surface area contributed by atoms with Gasteiger partial charge in [0.1, 0.15) is 11.0 Å². The van der Waals surface area contributed by atoms with E-state index in [1.807, 2.05) is 73.1 Å². The third-order valence-electron chi connectivity index (χ3n) is 9.56. The number of hydrogen-bond acceptors (Lipinski definition) is 4. The van der Waals surface area contributed by atoms with Gasteiger partial charge in [-0.15, -0.1) is 10.2 Å². The number of fused-ring (bicyclic) bond motifs is 1. The molecule has 9 rings (SSSR count). The average molecular weight is 706 g/mol. The van der Waals surface area contributed by atoms with Gasteiger partial charge in [-0.2, -0.15) is 4.80 Å². The van der Waals surface area contributed by atoms with Crippen LogP contribution in [0, 0.1) is 0 Å². The van der Waals surface area contributed by atoms with E-state index in [0.29, 0.717) is 0 Å². The van der Waals surface area contributed by atoms with E-state index in [4.69, 9.17) is 9.97 Å². The van der Waals surface area contributed by atoms with E-state index in [9.17, 15) is 0 Å². The van der Waals surface area contributed by atoms with Gasteiger partial charge in [-0.05, 0) is 99.1 Å². The van der Waals surface area contributed by atoms with Gasteiger partial charge in [-0.25, -0.2) is 0 Å². The monoisotopic (exact) mass is 705 g/mol. The Morgan fingerprint density at radius 1 is 0.345 bits per heavy atom. The molecule has 0 radical (unpaired) electrons. The van der Waals surface area contributed by atoms with Crippen molar-refractivity contribution in [1.82, 2.24) is 25.0 Å². The van der Waals surface area contributed by atoms with Crippen LogP contribution in [0.3, 0.4) is 0 Å². The summed E-state index contributed by atoms with van der Waals surface area (Å²) >= 11 is 0. The third-order valence-corrected chi connectivity index (χ3v) is 9.56. The van der Waals surface area contributed by atoms with Crippen LogP contribution in [0.25, 0.3) is 85.8 Å². The first kappa shape index (κ1) is 33.3. The molecule has 0 amide bonds. The lowest BCUT2D eigenvalue weighted by Crippen LogP contribution is -1.98. The topological polar surface area (TPSA) is 56.5 Å². The maximum atomic E-state index is 4.74. The highest BCUT2D eigenvalue weighted by Crippen LogP contribution is 2.34. The normalized spacial score (nSPS) is 11.5. The molecule has 260 valence electrons. The largest absolute Gasteiger partial charge is 0.256 e. The van der Waals surface area contributed by atoms with Gasteiger partial charge in [0, 0.05) is 23.5 Å². The number of pyridine rings is 2. The summed E-state index contributed by atoms with van der Waals surface area (Å²) < 4.78 is 0. The Hall–Kier alpha value is -7.50. The summed E-state index contributed by atoms with van der Waals surface area (Å²) in [5.74, 6) is 0. The first-order chi connectivity index (χ1) is 27.2. The van der Waals surface area contributed by atoms with Crippen LogP contribution in [0.2, 0.25) is 0 Å². The highest BCUT2D eigenvalue weighted by molar-refractivity contribution is 5.87. The van der Waals surface area contributed by atoms with Crippen molar-refractivity contribution in [2.45, 2.75) is 0 Å². The molecule has 0 saturated carbocycles. The van der Waals surface area contributed by atoms with Crippen LogP contribution in [0.5, 0.6) is 0 Å². The second-order valence-corrected chi connectivity index (χ2v) is 13.3. The zero-order valence-corrected chi connectivity index (χ0v) is 29.9. The maximum absolute atomic E-state index is 4.74. The van der Waals surface area contributed by atoms with E-state index in [1.165, 1.54) is 0 Å². The molecule has 3 aromatic heterocycles. The molecule has 0 fully saturated rings. The summed E-state index contributed by atoms with van der Waals surface area (Å²) in [6.07, 6.45) is 12.4. The first-order valence-corrected chi connectivity index (χ1v) is 18.3. The smallest absolute Gasteiger partial charge is 0.113 e. The zero-order valence-electron chi connectivity index (χ0n) is 29.9. The third kappa shape index (κ3) is 7.54. The van der Waals surface area contributed by atoms with Crippen LogP contribution in [0.4, 0.5) is 0 Å². The Kier molecular flexibility index (Phi) is 9.23. The number of benzene rings is 6. The van der Waals surface area contributed by atoms with E-state index in [0.717, 1.165) is 83.7 Å². The summed E-state index contributed by atoms with van der Waals surface area (Å²) in [4.78, 5) is 11.2. The van der Waals surface area contributed by atoms with Gasteiger partial charge < -0.3 is 0 Å². The van der Waals surface area contributed by atoms with Crippen molar-refractivity contribution >= 4 is 35.3 Å². The molecule has 0 saturated heterocycles. The van der Waals surface area contributed by atoms with Crippen LogP contribution in [-0.4, -0.2) is 25.0 Å². The number of aromatic nitrogens is 5. The molecule has 0 bridgehead atoms. The van der Waals surface area contributed by atoms with Gasteiger partial charge in [-0.1, -0.05) is 146 Å². The van der Waals surface area contributed by atoms with Crippen LogP contribution in [0.1, 0.15) is 22.3 Å². The minimum Gasteiger partial charge on any atom is -0.256 e. The number of hydrogen-bond donors (Lipinski definition) is 0. The first-order valence-electron chi connectivity index (χ1n) is 18.3. The van der Waals surface area contributed by atoms with Gasteiger partial charge in [0.05, 0.1) is 17.1 Å². The van der Waals surface area contributed by atoms with E-state index >= 15 is 0 Å². The molecule has 0 atom stereocenters. The van der Waals surface area contributed by atoms with Crippen LogP contribution >= 0.6 is 0 Å². The maximum Gasteiger partial charge on any atom is 0.113 e. The van der Waals surface area contributed by atoms with E-state index in [1.54, 1.807) is 4.80 Å². The molecule has 9 aromatic rings. The molecule has 5 heteroatoms. The number of rotatable bonds is 9. The Labute approximate surface area is 320 Å². The molecular weight excluding hydrogens is 671 g/mol. The molecule has 0 unspecified atom stereocenters. The SMILES string of the molecule is C(=Cc1cc(C=Cc2ccc(-c3ccccc3)nc2)cc(-c2ccccc2-c2ccc(-n3nc4ccccc4n3)cc2)c1)c1ccc(-c2ccccc2)nc1. The van der Waals surface area contributed by atoms with Gasteiger partial charge in [0.2, 0.25) is 0 Å². The lowest BCUT2D eigenvalue weighted by Gasteiger charge is -2.13. The molecule has 55 heavy (non-hydrogen) atoms. The second kappa shape index (κ2) is 15.2. The van der Waals surface area contributed by atoms with Crippen molar-refractivity contribution in [2.24, 2.45) is 0 Å². The lowest BCUT2D eigenvalue weighted by atomic mass is 9.92. The van der Waals surface area contributed by atoms with Crippen molar-refractivity contribution < 1.29 is 0 Å². The van der Waals surface area contributed by atoms with Gasteiger partial charge in [0.25, 0.3) is 0 Å². The van der Waals surface area contributed by atoms with Crippen molar-refractivity contribution in [3.8, 4) is 50.5 Å². The molecule has 0 aliphatic heterocycles. The number of nitrogens with zero attached hydrogens (tertiary/aromatic N) is 5. The molecule has 6 aromatic carbocycles. The second-order valence-electron chi connectivity index (χ2n) is 13.3. The summed E-state index contributed by atoms with van der Waals surface area (Å²) in [5.41, 5.74) is 15.5. The Bertz CT molecular complexity index is 2620. The summed E-state index contributed by atoms with van der Waals surface area (Å²) in [5, 5.41) is 9.34. The fourth-order valence-corrected chi connectivity index (χ4v) is 6.71. The standard InChI is InChI=1S/C50H35N5/c1-3-11-41(12-4-1)47-29-23-36(34-51-47)19-21-38-31-39(22-20-37-24-30-48(52-35-37)42-13-5-2-6-14-42)33-43(32-38)46-16-8-7-15-45(46)40-25-27-44(28-26-40)55-53-49-17-9-10-18-50(49)54-55/h1-35H. The van der Waals surface area contributed by atoms with Crippen molar-refractivity contribution in [3.63, 3.8) is 0 Å². The lowest BCUT2D eigenvalue weighted by molar-refractivity contribution is 0.766. The molecule has 0 aliphatic carbocycles. The zero-order chi connectivity index (χ0) is 36.8. The Morgan fingerprint density at radius 2 is 0.800 bits per heavy atom. The fraction of sp³-hybridized carbons (Fsp3) is 0. The van der Waals surface area contributed by atoms with E-state index in [-0.39, 0.29) is 0 Å². The van der Waals surface area contributed by atoms with Gasteiger partial charge in [-0.3, -0.25) is 9.97 Å². The van der Waals surface area contributed by atoms with Crippen LogP contribution < -0.4 is 0 Å². The molecule has 5 nitrogen and oxygen atoms in total. The minimum atomic E-state index is 0.872. The summed E-state index contributed by atoms with van der Waals surface area (Å²) in [6.45, 7) is 0. The fourth-order valence-electron chi connectivity index (χ4n) is 6.71. The minimum absolute atomic E-state index is 0.872. The summed E-state index contributed by atoms with van der Waals surface area (Å²) in [7, 11) is 0. The average Bonchev–Trinajstić information content (AvgIpc) is 3.71. The highest BCUT2D eigenvalue weighted by atomic mass is 15.5. The molecule has 0 spiro atoms. The molecule has 0 aliphatic rings. The predicted molar refractivity (Wildman–Crippen MR) is 227 cm³/mol. The molecular formula is C50H35N5. The molecule has 0 N–H and O–H groups in total.